The van der Waals surface area contributed by atoms with Crippen molar-refractivity contribution in [3.8, 4) is 39.3 Å². The van der Waals surface area contributed by atoms with Crippen LogP contribution in [0.1, 0.15) is 0 Å². The molecule has 0 atom stereocenters. The van der Waals surface area contributed by atoms with Gasteiger partial charge in [-0.25, -0.2) is 4.98 Å². The Morgan fingerprint density at radius 3 is 1.61 bits per heavy atom. The zero-order valence-electron chi connectivity index (χ0n) is 24.8. The number of fused-ring (bicyclic) bond motifs is 3. The van der Waals surface area contributed by atoms with Crippen LogP contribution in [-0.2, 0) is 0 Å². The fourth-order valence-electron chi connectivity index (χ4n) is 6.53. The molecule has 202 valence electrons. The van der Waals surface area contributed by atoms with E-state index in [0.29, 0.717) is 11.4 Å². The van der Waals surface area contributed by atoms with Gasteiger partial charge in [0.1, 0.15) is 45.1 Å². The summed E-state index contributed by atoms with van der Waals surface area (Å²) >= 11 is 0. The summed E-state index contributed by atoms with van der Waals surface area (Å²) in [6.45, 7) is 0. The number of benzene rings is 6. The Hall–Kier alpha value is -5.22. The molecule has 0 amide bonds. The normalized spacial score (nSPS) is 11.5. The number of nitrogens with zero attached hydrogens (tertiary/aromatic N) is 3. The van der Waals surface area contributed by atoms with E-state index in [-0.39, 0.29) is 27.3 Å². The molecule has 8 rings (SSSR count). The maximum atomic E-state index is 6.64. The van der Waals surface area contributed by atoms with Crippen molar-refractivity contribution < 1.29 is 0 Å². The summed E-state index contributed by atoms with van der Waals surface area (Å²) in [5.41, 5.74) is 8.46. The topological polar surface area (TPSA) is 30.7 Å². The molecule has 0 unspecified atom stereocenters. The van der Waals surface area contributed by atoms with Crippen molar-refractivity contribution >= 4 is 99.1 Å². The van der Waals surface area contributed by atoms with Crippen molar-refractivity contribution in [3.63, 3.8) is 0 Å². The van der Waals surface area contributed by atoms with Crippen LogP contribution in [-0.4, -0.2) is 53.8 Å². The number of hydrogen-bond donors (Lipinski definition) is 0. The van der Waals surface area contributed by atoms with Crippen molar-refractivity contribution in [2.75, 3.05) is 0 Å². The Morgan fingerprint density at radius 1 is 0.457 bits per heavy atom. The highest BCUT2D eigenvalue weighted by atomic mass is 15.1. The molecule has 2 aromatic heterocycles. The number of rotatable bonds is 4. The molecular weight excluding hydrogens is 552 g/mol. The minimum absolute atomic E-state index is 0.163. The summed E-state index contributed by atoms with van der Waals surface area (Å²) in [4.78, 5) is 9.36. The maximum absolute atomic E-state index is 6.64. The van der Waals surface area contributed by atoms with E-state index in [2.05, 4.69) is 88.4 Å². The van der Waals surface area contributed by atoms with Crippen LogP contribution in [0.5, 0.6) is 0 Å². The molecular formula is C38H20B5N3. The molecule has 0 bridgehead atoms. The second kappa shape index (κ2) is 11.0. The minimum Gasteiger partial charge on any atom is -0.291 e. The number of pyridine rings is 1. The summed E-state index contributed by atoms with van der Waals surface area (Å²) < 4.78 is 2.12. The Balaban J connectivity index is 1.48. The zero-order valence-corrected chi connectivity index (χ0v) is 24.8. The molecule has 6 aromatic carbocycles. The van der Waals surface area contributed by atoms with Gasteiger partial charge in [0, 0.05) is 28.7 Å². The van der Waals surface area contributed by atoms with Gasteiger partial charge in [0.2, 0.25) is 0 Å². The first-order valence-corrected chi connectivity index (χ1v) is 14.9. The molecule has 0 saturated heterocycles. The summed E-state index contributed by atoms with van der Waals surface area (Å²) in [7, 11) is 32.2. The molecule has 0 spiro atoms. The van der Waals surface area contributed by atoms with Gasteiger partial charge in [-0.1, -0.05) is 102 Å². The fraction of sp³-hybridized carbons (Fsp3) is 0. The standard InChI is InChI=1S/C38H20B5N3/c39-32-31(33(40)35(42)36(43)34(32)41)38-45-28-13-5-6-14-29(28)46(38)37-26-11-3-1-9-24(26)30(25-10-2-4-12-27(25)37)22-17-15-21(16-18-22)23-8-7-19-44-20-23/h1-20H. The van der Waals surface area contributed by atoms with Gasteiger partial charge in [-0.2, -0.15) is 0 Å². The van der Waals surface area contributed by atoms with Gasteiger partial charge in [-0.05, 0) is 51.2 Å². The van der Waals surface area contributed by atoms with Crippen molar-refractivity contribution in [1.29, 1.82) is 0 Å². The second-order valence-electron chi connectivity index (χ2n) is 11.3. The highest BCUT2D eigenvalue weighted by Crippen LogP contribution is 2.43. The Bertz CT molecular complexity index is 2390. The second-order valence-corrected chi connectivity index (χ2v) is 11.3. The van der Waals surface area contributed by atoms with E-state index in [1.807, 2.05) is 36.5 Å². The van der Waals surface area contributed by atoms with Crippen LogP contribution in [0.2, 0.25) is 0 Å². The first kappa shape index (κ1) is 28.3. The van der Waals surface area contributed by atoms with E-state index < -0.39 is 0 Å². The average molecular weight is 573 g/mol. The van der Waals surface area contributed by atoms with E-state index in [4.69, 9.17) is 44.2 Å². The molecule has 8 aromatic rings. The molecule has 10 radical (unpaired) electrons. The first-order valence-electron chi connectivity index (χ1n) is 14.9. The van der Waals surface area contributed by atoms with Crippen molar-refractivity contribution in [2.24, 2.45) is 0 Å². The maximum Gasteiger partial charge on any atom is 0.144 e. The Labute approximate surface area is 273 Å². The van der Waals surface area contributed by atoms with E-state index >= 15 is 0 Å². The molecule has 0 aliphatic carbocycles. The predicted octanol–water partition coefficient (Wildman–Crippen LogP) is 3.70. The van der Waals surface area contributed by atoms with Crippen LogP contribution >= 0.6 is 0 Å². The summed E-state index contributed by atoms with van der Waals surface area (Å²) in [6, 6.07) is 37.5. The highest BCUT2D eigenvalue weighted by Gasteiger charge is 2.24. The van der Waals surface area contributed by atoms with Crippen LogP contribution in [0.15, 0.2) is 122 Å². The Morgan fingerprint density at radius 2 is 1.00 bits per heavy atom. The molecule has 46 heavy (non-hydrogen) atoms. The van der Waals surface area contributed by atoms with Gasteiger partial charge in [-0.15, -0.1) is 16.4 Å². The smallest absolute Gasteiger partial charge is 0.144 e. The van der Waals surface area contributed by atoms with Gasteiger partial charge in [0.05, 0.1) is 16.7 Å². The molecule has 0 fully saturated rings. The van der Waals surface area contributed by atoms with Crippen LogP contribution in [0.3, 0.4) is 0 Å². The molecule has 3 nitrogen and oxygen atoms in total. The molecule has 0 aliphatic rings. The van der Waals surface area contributed by atoms with Crippen LogP contribution in [0.25, 0.3) is 71.9 Å². The van der Waals surface area contributed by atoms with Gasteiger partial charge in [0.25, 0.3) is 0 Å². The zero-order chi connectivity index (χ0) is 31.5. The largest absolute Gasteiger partial charge is 0.291 e. The lowest BCUT2D eigenvalue weighted by Crippen LogP contribution is -2.55. The van der Waals surface area contributed by atoms with Gasteiger partial charge in [-0.3, -0.25) is 9.55 Å². The third-order valence-corrected chi connectivity index (χ3v) is 8.78. The molecule has 0 saturated carbocycles. The van der Waals surface area contributed by atoms with Crippen LogP contribution in [0.4, 0.5) is 0 Å². The lowest BCUT2D eigenvalue weighted by Gasteiger charge is -2.23. The molecule has 2 heterocycles. The summed E-state index contributed by atoms with van der Waals surface area (Å²) in [6.07, 6.45) is 3.66. The Kier molecular flexibility index (Phi) is 6.76. The highest BCUT2D eigenvalue weighted by molar-refractivity contribution is 6.68. The third kappa shape index (κ3) is 4.28. The van der Waals surface area contributed by atoms with E-state index in [1.54, 1.807) is 6.20 Å². The number of imidazole rings is 1. The monoisotopic (exact) mass is 573 g/mol. The quantitative estimate of drug-likeness (QED) is 0.238. The lowest BCUT2D eigenvalue weighted by atomic mass is 9.60. The van der Waals surface area contributed by atoms with Crippen LogP contribution in [0, 0.1) is 0 Å². The van der Waals surface area contributed by atoms with Crippen molar-refractivity contribution in [3.05, 3.63) is 122 Å². The lowest BCUT2D eigenvalue weighted by molar-refractivity contribution is 1.13. The average Bonchev–Trinajstić information content (AvgIpc) is 3.48. The SMILES string of the molecule is [B]c1c([B])c([B])c(-c2nc3ccccc3n2-c2c3ccccc3c(-c3ccc(-c4cccnc4)cc3)c3ccccc23)c([B])c1[B]. The van der Waals surface area contributed by atoms with Gasteiger partial charge >= 0.3 is 0 Å². The number of hydrogen-bond acceptors (Lipinski definition) is 2. The van der Waals surface area contributed by atoms with E-state index in [1.165, 1.54) is 0 Å². The van der Waals surface area contributed by atoms with Gasteiger partial charge < -0.3 is 0 Å². The molecule has 0 aliphatic heterocycles. The minimum atomic E-state index is 0.163. The molecule has 8 heteroatoms. The third-order valence-electron chi connectivity index (χ3n) is 8.78. The predicted molar refractivity (Wildman–Crippen MR) is 197 cm³/mol. The van der Waals surface area contributed by atoms with Crippen molar-refractivity contribution in [2.45, 2.75) is 0 Å². The molecule has 0 N–H and O–H groups in total. The summed E-state index contributed by atoms with van der Waals surface area (Å²) in [5.74, 6) is 0.526. The number of para-hydroxylation sites is 2. The fourth-order valence-corrected chi connectivity index (χ4v) is 6.53. The summed E-state index contributed by atoms with van der Waals surface area (Å²) in [5, 5.41) is 4.24. The van der Waals surface area contributed by atoms with E-state index in [9.17, 15) is 0 Å². The van der Waals surface area contributed by atoms with E-state index in [0.717, 1.165) is 60.5 Å². The van der Waals surface area contributed by atoms with Crippen molar-refractivity contribution in [1.82, 2.24) is 14.5 Å². The number of aromatic nitrogens is 3. The first-order chi connectivity index (χ1) is 22.4. The van der Waals surface area contributed by atoms with Gasteiger partial charge in [0.15, 0.2) is 0 Å². The van der Waals surface area contributed by atoms with Crippen LogP contribution < -0.4 is 27.3 Å².